The first-order valence-corrected chi connectivity index (χ1v) is 5.20. The molecule has 0 N–H and O–H groups in total. The number of hydrogen-bond acceptors (Lipinski definition) is 2. The summed E-state index contributed by atoms with van der Waals surface area (Å²) in [5.41, 5.74) is -0.0978. The predicted molar refractivity (Wildman–Crippen MR) is 48.5 cm³/mol. The summed E-state index contributed by atoms with van der Waals surface area (Å²) in [6.45, 7) is 0.233. The molecule has 1 aliphatic heterocycles. The van der Waals surface area contributed by atoms with Gasteiger partial charge in [0.25, 0.3) is 0 Å². The standard InChI is InChI=1S/C10H12F3NO2/c11-10(12,13)8(16)14-3-1-9(2-4-14)5-7(15)6-9/h1-6H2. The van der Waals surface area contributed by atoms with E-state index in [-0.39, 0.29) is 24.3 Å². The lowest BCUT2D eigenvalue weighted by Crippen LogP contribution is -2.51. The van der Waals surface area contributed by atoms with Crippen molar-refractivity contribution in [1.29, 1.82) is 0 Å². The predicted octanol–water partition coefficient (Wildman–Crippen LogP) is 1.52. The minimum atomic E-state index is -4.78. The summed E-state index contributed by atoms with van der Waals surface area (Å²) >= 11 is 0. The van der Waals surface area contributed by atoms with Crippen LogP contribution in [0.4, 0.5) is 13.2 Å². The van der Waals surface area contributed by atoms with Crippen LogP contribution < -0.4 is 0 Å². The zero-order valence-corrected chi connectivity index (χ0v) is 8.64. The average Bonchev–Trinajstić information content (AvgIpc) is 2.14. The molecule has 1 aliphatic carbocycles. The second kappa shape index (κ2) is 3.46. The van der Waals surface area contributed by atoms with Gasteiger partial charge in [0.05, 0.1) is 0 Å². The van der Waals surface area contributed by atoms with E-state index in [2.05, 4.69) is 0 Å². The SMILES string of the molecule is O=C1CC2(CCN(C(=O)C(F)(F)F)CC2)C1. The van der Waals surface area contributed by atoms with Gasteiger partial charge in [0.15, 0.2) is 0 Å². The van der Waals surface area contributed by atoms with E-state index in [9.17, 15) is 22.8 Å². The molecule has 2 fully saturated rings. The monoisotopic (exact) mass is 235 g/mol. The topological polar surface area (TPSA) is 37.4 Å². The van der Waals surface area contributed by atoms with Crippen LogP contribution in [-0.2, 0) is 9.59 Å². The molecule has 1 amide bonds. The molecule has 2 rings (SSSR count). The number of carbonyl (C=O) groups excluding carboxylic acids is 2. The number of carbonyl (C=O) groups is 2. The molecule has 2 aliphatic rings. The van der Waals surface area contributed by atoms with Gasteiger partial charge in [-0.1, -0.05) is 0 Å². The maximum absolute atomic E-state index is 12.1. The quantitative estimate of drug-likeness (QED) is 0.638. The molecule has 1 saturated carbocycles. The number of rotatable bonds is 0. The Labute approximate surface area is 90.6 Å². The molecule has 1 saturated heterocycles. The summed E-state index contributed by atoms with van der Waals surface area (Å²) < 4.78 is 36.4. The summed E-state index contributed by atoms with van der Waals surface area (Å²) in [4.78, 5) is 22.7. The second-order valence-electron chi connectivity index (χ2n) is 4.68. The van der Waals surface area contributed by atoms with Crippen molar-refractivity contribution < 1.29 is 22.8 Å². The van der Waals surface area contributed by atoms with Gasteiger partial charge in [-0.3, -0.25) is 9.59 Å². The minimum Gasteiger partial charge on any atom is -0.335 e. The molecule has 6 heteroatoms. The maximum atomic E-state index is 12.1. The first-order valence-electron chi connectivity index (χ1n) is 5.20. The van der Waals surface area contributed by atoms with Crippen molar-refractivity contribution in [3.8, 4) is 0 Å². The Morgan fingerprint density at radius 3 is 2.06 bits per heavy atom. The number of Topliss-reactive ketones (excluding diaryl/α,β-unsaturated/α-hetero) is 1. The Morgan fingerprint density at radius 2 is 1.69 bits per heavy atom. The number of piperidine rings is 1. The van der Waals surface area contributed by atoms with Crippen molar-refractivity contribution in [2.45, 2.75) is 31.9 Å². The van der Waals surface area contributed by atoms with Crippen molar-refractivity contribution in [1.82, 2.24) is 4.90 Å². The molecule has 0 aromatic rings. The highest BCUT2D eigenvalue weighted by Crippen LogP contribution is 2.46. The van der Waals surface area contributed by atoms with Crippen LogP contribution in [0.1, 0.15) is 25.7 Å². The van der Waals surface area contributed by atoms with E-state index < -0.39 is 12.1 Å². The second-order valence-corrected chi connectivity index (χ2v) is 4.68. The van der Waals surface area contributed by atoms with Gasteiger partial charge < -0.3 is 4.90 Å². The molecule has 16 heavy (non-hydrogen) atoms. The summed E-state index contributed by atoms with van der Waals surface area (Å²) in [6, 6.07) is 0. The fourth-order valence-corrected chi connectivity index (χ4v) is 2.50. The largest absolute Gasteiger partial charge is 0.471 e. The fourth-order valence-electron chi connectivity index (χ4n) is 2.50. The number of ketones is 1. The van der Waals surface area contributed by atoms with E-state index >= 15 is 0 Å². The Balaban J connectivity index is 1.91. The van der Waals surface area contributed by atoms with Crippen molar-refractivity contribution in [3.05, 3.63) is 0 Å². The molecule has 0 aromatic carbocycles. The third kappa shape index (κ3) is 1.92. The number of halogens is 3. The van der Waals surface area contributed by atoms with E-state index in [0.29, 0.717) is 25.7 Å². The van der Waals surface area contributed by atoms with Gasteiger partial charge >= 0.3 is 12.1 Å². The van der Waals surface area contributed by atoms with Crippen LogP contribution in [0.2, 0.25) is 0 Å². The molecule has 1 heterocycles. The van der Waals surface area contributed by atoms with Gasteiger partial charge in [0.1, 0.15) is 5.78 Å². The Kier molecular flexibility index (Phi) is 2.47. The number of alkyl halides is 3. The summed E-state index contributed by atoms with van der Waals surface area (Å²) in [7, 11) is 0. The summed E-state index contributed by atoms with van der Waals surface area (Å²) in [5.74, 6) is -1.58. The third-order valence-corrected chi connectivity index (χ3v) is 3.50. The summed E-state index contributed by atoms with van der Waals surface area (Å²) in [5, 5.41) is 0. The van der Waals surface area contributed by atoms with Gasteiger partial charge in [0, 0.05) is 25.9 Å². The minimum absolute atomic E-state index is 0.0978. The number of amides is 1. The van der Waals surface area contributed by atoms with Gasteiger partial charge in [-0.05, 0) is 18.3 Å². The Hall–Kier alpha value is -1.07. The number of hydrogen-bond donors (Lipinski definition) is 0. The molecule has 1 spiro atoms. The zero-order valence-electron chi connectivity index (χ0n) is 8.64. The lowest BCUT2D eigenvalue weighted by Gasteiger charge is -2.46. The van der Waals surface area contributed by atoms with E-state index in [1.807, 2.05) is 0 Å². The van der Waals surface area contributed by atoms with E-state index in [1.54, 1.807) is 0 Å². The molecule has 0 radical (unpaired) electrons. The van der Waals surface area contributed by atoms with Crippen LogP contribution in [0.5, 0.6) is 0 Å². The van der Waals surface area contributed by atoms with Gasteiger partial charge in [-0.25, -0.2) is 0 Å². The highest BCUT2D eigenvalue weighted by molar-refractivity contribution is 5.86. The van der Waals surface area contributed by atoms with Crippen molar-refractivity contribution >= 4 is 11.7 Å². The molecular formula is C10H12F3NO2. The lowest BCUT2D eigenvalue weighted by molar-refractivity contribution is -0.188. The number of likely N-dealkylation sites (tertiary alicyclic amines) is 1. The first kappa shape index (κ1) is 11.4. The van der Waals surface area contributed by atoms with Crippen LogP contribution >= 0.6 is 0 Å². The lowest BCUT2D eigenvalue weighted by atomic mass is 9.62. The van der Waals surface area contributed by atoms with Crippen molar-refractivity contribution in [2.24, 2.45) is 5.41 Å². The Morgan fingerprint density at radius 1 is 1.19 bits per heavy atom. The summed E-state index contributed by atoms with van der Waals surface area (Å²) in [6.07, 6.45) is -2.80. The van der Waals surface area contributed by atoms with Crippen molar-refractivity contribution in [3.63, 3.8) is 0 Å². The van der Waals surface area contributed by atoms with E-state index in [4.69, 9.17) is 0 Å². The Bertz CT molecular complexity index is 319. The van der Waals surface area contributed by atoms with Gasteiger partial charge in [-0.2, -0.15) is 13.2 Å². The average molecular weight is 235 g/mol. The molecular weight excluding hydrogens is 223 g/mol. The molecule has 0 bridgehead atoms. The molecule has 0 aromatic heterocycles. The van der Waals surface area contributed by atoms with Crippen LogP contribution in [0, 0.1) is 5.41 Å². The van der Waals surface area contributed by atoms with Gasteiger partial charge in [-0.15, -0.1) is 0 Å². The van der Waals surface area contributed by atoms with Crippen LogP contribution in [0.3, 0.4) is 0 Å². The molecule has 90 valence electrons. The van der Waals surface area contributed by atoms with E-state index in [0.717, 1.165) is 4.90 Å². The fraction of sp³-hybridized carbons (Fsp3) is 0.800. The van der Waals surface area contributed by atoms with Gasteiger partial charge in [0.2, 0.25) is 0 Å². The highest BCUT2D eigenvalue weighted by atomic mass is 19.4. The van der Waals surface area contributed by atoms with Crippen molar-refractivity contribution in [2.75, 3.05) is 13.1 Å². The highest BCUT2D eigenvalue weighted by Gasteiger charge is 2.49. The van der Waals surface area contributed by atoms with Crippen LogP contribution in [0.25, 0.3) is 0 Å². The zero-order chi connectivity index (χ0) is 12.0. The third-order valence-electron chi connectivity index (χ3n) is 3.50. The molecule has 3 nitrogen and oxygen atoms in total. The maximum Gasteiger partial charge on any atom is 0.471 e. The van der Waals surface area contributed by atoms with Crippen LogP contribution in [-0.4, -0.2) is 35.9 Å². The number of nitrogens with zero attached hydrogens (tertiary/aromatic N) is 1. The van der Waals surface area contributed by atoms with E-state index in [1.165, 1.54) is 0 Å². The van der Waals surface area contributed by atoms with Crippen LogP contribution in [0.15, 0.2) is 0 Å². The molecule has 0 unspecified atom stereocenters. The normalized spacial score (nSPS) is 24.4. The molecule has 0 atom stereocenters. The smallest absolute Gasteiger partial charge is 0.335 e. The first-order chi connectivity index (χ1) is 7.32.